The minimum absolute atomic E-state index is 0.616. The summed E-state index contributed by atoms with van der Waals surface area (Å²) < 4.78 is 0. The summed E-state index contributed by atoms with van der Waals surface area (Å²) in [7, 11) is 0. The molecule has 0 bridgehead atoms. The molecule has 0 aromatic carbocycles. The summed E-state index contributed by atoms with van der Waals surface area (Å²) in [5.74, 6) is 1.91. The first-order chi connectivity index (χ1) is 8.72. The molecule has 0 amide bonds. The van der Waals surface area contributed by atoms with E-state index in [2.05, 4.69) is 38.7 Å². The number of dihydropyridines is 1. The van der Waals surface area contributed by atoms with E-state index in [1.165, 1.54) is 50.1 Å². The van der Waals surface area contributed by atoms with Crippen molar-refractivity contribution in [2.24, 2.45) is 10.9 Å². The van der Waals surface area contributed by atoms with Crippen molar-refractivity contribution in [1.29, 1.82) is 0 Å². The summed E-state index contributed by atoms with van der Waals surface area (Å²) in [6.07, 6.45) is 8.57. The predicted octanol–water partition coefficient (Wildman–Crippen LogP) is 4.27. The van der Waals surface area contributed by atoms with Crippen LogP contribution in [0.15, 0.2) is 16.6 Å². The van der Waals surface area contributed by atoms with Crippen LogP contribution in [-0.4, -0.2) is 30.4 Å². The quantitative estimate of drug-likeness (QED) is 0.658. The molecule has 1 aliphatic rings. The zero-order chi connectivity index (χ0) is 13.4. The van der Waals surface area contributed by atoms with Gasteiger partial charge < -0.3 is 4.90 Å². The van der Waals surface area contributed by atoms with E-state index in [0.29, 0.717) is 5.92 Å². The van der Waals surface area contributed by atoms with E-state index in [4.69, 9.17) is 4.99 Å². The molecule has 1 atom stereocenters. The molecule has 0 aliphatic carbocycles. The van der Waals surface area contributed by atoms with Crippen molar-refractivity contribution in [3.05, 3.63) is 11.6 Å². The fraction of sp³-hybridized carbons (Fsp3) is 0.812. The van der Waals surface area contributed by atoms with E-state index in [0.717, 1.165) is 13.1 Å². The molecule has 1 unspecified atom stereocenters. The first-order valence-electron chi connectivity index (χ1n) is 7.73. The largest absolute Gasteiger partial charge is 0.357 e. The highest BCUT2D eigenvalue weighted by atomic mass is 15.2. The van der Waals surface area contributed by atoms with Gasteiger partial charge in [-0.3, -0.25) is 4.99 Å². The molecule has 0 fully saturated rings. The van der Waals surface area contributed by atoms with E-state index in [9.17, 15) is 0 Å². The van der Waals surface area contributed by atoms with Gasteiger partial charge in [0.25, 0.3) is 0 Å². The first kappa shape index (κ1) is 15.3. The van der Waals surface area contributed by atoms with Gasteiger partial charge in [0, 0.05) is 19.6 Å². The maximum Gasteiger partial charge on any atom is 0.126 e. The minimum atomic E-state index is 0.616. The van der Waals surface area contributed by atoms with Crippen molar-refractivity contribution >= 4 is 5.84 Å². The van der Waals surface area contributed by atoms with E-state index in [1.807, 2.05) is 0 Å². The van der Waals surface area contributed by atoms with Gasteiger partial charge in [0.05, 0.1) is 0 Å². The molecule has 18 heavy (non-hydrogen) atoms. The number of rotatable bonds is 7. The van der Waals surface area contributed by atoms with Crippen LogP contribution in [0.4, 0.5) is 0 Å². The van der Waals surface area contributed by atoms with Gasteiger partial charge in [-0.2, -0.15) is 0 Å². The maximum absolute atomic E-state index is 4.86. The van der Waals surface area contributed by atoms with Crippen LogP contribution in [0.5, 0.6) is 0 Å². The third-order valence-electron chi connectivity index (χ3n) is 3.40. The van der Waals surface area contributed by atoms with Crippen molar-refractivity contribution in [2.45, 2.75) is 59.8 Å². The molecule has 0 N–H and O–H groups in total. The Labute approximate surface area is 113 Å². The number of hydrogen-bond donors (Lipinski definition) is 0. The highest BCUT2D eigenvalue weighted by Gasteiger charge is 2.18. The summed E-state index contributed by atoms with van der Waals surface area (Å²) in [4.78, 5) is 7.37. The van der Waals surface area contributed by atoms with Crippen LogP contribution in [-0.2, 0) is 0 Å². The van der Waals surface area contributed by atoms with Gasteiger partial charge in [0.15, 0.2) is 0 Å². The van der Waals surface area contributed by atoms with E-state index in [-0.39, 0.29) is 0 Å². The predicted molar refractivity (Wildman–Crippen MR) is 81.2 cm³/mol. The second-order valence-electron chi connectivity index (χ2n) is 5.42. The fourth-order valence-electron chi connectivity index (χ4n) is 2.51. The molecule has 0 spiro atoms. The lowest BCUT2D eigenvalue weighted by atomic mass is 9.99. The Hall–Kier alpha value is -0.790. The first-order valence-corrected chi connectivity index (χ1v) is 7.73. The number of amidine groups is 1. The van der Waals surface area contributed by atoms with Crippen LogP contribution in [0.1, 0.15) is 59.8 Å². The minimum Gasteiger partial charge on any atom is -0.357 e. The van der Waals surface area contributed by atoms with Gasteiger partial charge in [-0.1, -0.05) is 46.6 Å². The third kappa shape index (κ3) is 4.47. The maximum atomic E-state index is 4.86. The Kier molecular flexibility index (Phi) is 7.07. The number of hydrogen-bond acceptors (Lipinski definition) is 2. The van der Waals surface area contributed by atoms with Gasteiger partial charge in [-0.15, -0.1) is 0 Å². The summed E-state index contributed by atoms with van der Waals surface area (Å²) in [6, 6.07) is 0. The molecule has 0 aromatic rings. The lowest BCUT2D eigenvalue weighted by Crippen LogP contribution is -2.36. The lowest BCUT2D eigenvalue weighted by molar-refractivity contribution is 0.402. The van der Waals surface area contributed by atoms with Crippen LogP contribution >= 0.6 is 0 Å². The van der Waals surface area contributed by atoms with Crippen LogP contribution in [0, 0.1) is 5.92 Å². The zero-order valence-corrected chi connectivity index (χ0v) is 12.7. The van der Waals surface area contributed by atoms with Crippen molar-refractivity contribution in [1.82, 2.24) is 4.90 Å². The Balaban J connectivity index is 2.77. The molecule has 2 nitrogen and oxygen atoms in total. The molecule has 1 heterocycles. The van der Waals surface area contributed by atoms with E-state index in [1.54, 1.807) is 0 Å². The van der Waals surface area contributed by atoms with Crippen molar-refractivity contribution < 1.29 is 0 Å². The Morgan fingerprint density at radius 3 is 2.56 bits per heavy atom. The molecule has 1 aliphatic heterocycles. The monoisotopic (exact) mass is 250 g/mol. The van der Waals surface area contributed by atoms with E-state index >= 15 is 0 Å². The lowest BCUT2D eigenvalue weighted by Gasteiger charge is -2.30. The normalized spacial score (nSPS) is 19.4. The standard InChI is InChI=1S/C16H30N2/c1-5-8-11-18(10-7-3)16-15(9-6-2)12-14(4)13-17-16/h12,14H,5-11,13H2,1-4H3. The van der Waals surface area contributed by atoms with Crippen LogP contribution < -0.4 is 0 Å². The second kappa shape index (κ2) is 8.34. The number of aliphatic imine (C=N–C) groups is 1. The van der Waals surface area contributed by atoms with Gasteiger partial charge in [0.2, 0.25) is 0 Å². The summed E-state index contributed by atoms with van der Waals surface area (Å²) >= 11 is 0. The van der Waals surface area contributed by atoms with E-state index < -0.39 is 0 Å². The summed E-state index contributed by atoms with van der Waals surface area (Å²) in [5.41, 5.74) is 1.49. The summed E-state index contributed by atoms with van der Waals surface area (Å²) in [6.45, 7) is 12.3. The van der Waals surface area contributed by atoms with Crippen LogP contribution in [0.2, 0.25) is 0 Å². The van der Waals surface area contributed by atoms with Crippen molar-refractivity contribution in [2.75, 3.05) is 19.6 Å². The molecular formula is C16H30N2. The smallest absolute Gasteiger partial charge is 0.126 e. The Morgan fingerprint density at radius 2 is 1.94 bits per heavy atom. The number of unbranched alkanes of at least 4 members (excludes halogenated alkanes) is 1. The molecule has 0 saturated heterocycles. The highest BCUT2D eigenvalue weighted by molar-refractivity contribution is 5.98. The Bertz CT molecular complexity index is 291. The topological polar surface area (TPSA) is 15.6 Å². The third-order valence-corrected chi connectivity index (χ3v) is 3.40. The summed E-state index contributed by atoms with van der Waals surface area (Å²) in [5, 5.41) is 0. The molecule has 1 rings (SSSR count). The van der Waals surface area contributed by atoms with Gasteiger partial charge in [-0.05, 0) is 30.8 Å². The highest BCUT2D eigenvalue weighted by Crippen LogP contribution is 2.20. The number of nitrogens with zero attached hydrogens (tertiary/aromatic N) is 2. The van der Waals surface area contributed by atoms with Gasteiger partial charge >= 0.3 is 0 Å². The molecule has 0 saturated carbocycles. The van der Waals surface area contributed by atoms with Crippen LogP contribution in [0.25, 0.3) is 0 Å². The second-order valence-corrected chi connectivity index (χ2v) is 5.42. The average molecular weight is 250 g/mol. The average Bonchev–Trinajstić information content (AvgIpc) is 2.36. The molecule has 0 aromatic heterocycles. The molecule has 2 heteroatoms. The van der Waals surface area contributed by atoms with Gasteiger partial charge in [0.1, 0.15) is 5.84 Å². The molecule has 104 valence electrons. The SMILES string of the molecule is CCCCN(CCC)C1=NCC(C)C=C1CCC. The fourth-order valence-corrected chi connectivity index (χ4v) is 2.51. The van der Waals surface area contributed by atoms with Gasteiger partial charge in [-0.25, -0.2) is 0 Å². The van der Waals surface area contributed by atoms with Crippen molar-refractivity contribution in [3.8, 4) is 0 Å². The van der Waals surface area contributed by atoms with Crippen LogP contribution in [0.3, 0.4) is 0 Å². The Morgan fingerprint density at radius 1 is 1.17 bits per heavy atom. The zero-order valence-electron chi connectivity index (χ0n) is 12.7. The van der Waals surface area contributed by atoms with Crippen molar-refractivity contribution in [3.63, 3.8) is 0 Å². The molecular weight excluding hydrogens is 220 g/mol. The molecule has 0 radical (unpaired) electrons.